The van der Waals surface area contributed by atoms with Crippen LogP contribution in [0, 0.1) is 12.1 Å². The normalized spacial score (nSPS) is 24.4. The molecule has 92 valence electrons. The molecule has 0 aliphatic carbocycles. The molecule has 17 heavy (non-hydrogen) atoms. The zero-order valence-corrected chi connectivity index (χ0v) is 10.6. The molecule has 1 unspecified atom stereocenters. The number of hydroxylamine groups is 3. The second-order valence-corrected chi connectivity index (χ2v) is 5.06. The molecule has 1 atom stereocenters. The largest absolute Gasteiger partial charge is 0.622 e. The van der Waals surface area contributed by atoms with E-state index in [1.807, 2.05) is 38.1 Å². The average Bonchev–Trinajstić information content (AvgIpc) is 2.43. The van der Waals surface area contributed by atoms with Crippen molar-refractivity contribution in [2.45, 2.75) is 39.4 Å². The van der Waals surface area contributed by atoms with Crippen LogP contribution >= 0.6 is 0 Å². The zero-order valence-electron chi connectivity index (χ0n) is 10.6. The maximum atomic E-state index is 12.2. The first kappa shape index (κ1) is 12.1. The number of rotatable bonds is 1. The van der Waals surface area contributed by atoms with Gasteiger partial charge in [-0.25, -0.2) is 0 Å². The second-order valence-electron chi connectivity index (χ2n) is 5.06. The number of hydrogen-bond acceptors (Lipinski definition) is 3. The van der Waals surface area contributed by atoms with Gasteiger partial charge in [-0.3, -0.25) is 0 Å². The Bertz CT molecular complexity index is 463. The van der Waals surface area contributed by atoms with Crippen LogP contribution in [0.5, 0.6) is 0 Å². The summed E-state index contributed by atoms with van der Waals surface area (Å²) in [6.07, 6.45) is 0. The molecule has 1 aromatic carbocycles. The van der Waals surface area contributed by atoms with Gasteiger partial charge in [0.1, 0.15) is 6.04 Å². The highest BCUT2D eigenvalue weighted by Gasteiger charge is 2.49. The number of aryl methyl sites for hydroxylation is 1. The van der Waals surface area contributed by atoms with E-state index >= 15 is 0 Å². The van der Waals surface area contributed by atoms with Crippen LogP contribution in [0.2, 0.25) is 0 Å². The monoisotopic (exact) mass is 234 g/mol. The van der Waals surface area contributed by atoms with Crippen LogP contribution in [0.25, 0.3) is 0 Å². The molecule has 0 aromatic heterocycles. The fourth-order valence-corrected chi connectivity index (χ4v) is 2.23. The van der Waals surface area contributed by atoms with E-state index in [2.05, 4.69) is 0 Å². The standard InChI is InChI=1S/C13H18N2O2/c1-9-5-7-11(8-6-9)12-10(2)14(16)13(3,4)15(12)17/h5-8,10,16H,1-4H3. The molecule has 0 amide bonds. The maximum Gasteiger partial charge on any atom is 0.245 e. The summed E-state index contributed by atoms with van der Waals surface area (Å²) >= 11 is 0. The molecule has 0 radical (unpaired) electrons. The van der Waals surface area contributed by atoms with Crippen molar-refractivity contribution in [1.29, 1.82) is 0 Å². The van der Waals surface area contributed by atoms with Gasteiger partial charge in [-0.05, 0) is 26.0 Å². The SMILES string of the molecule is Cc1ccc(C2=[N+]([O-])C(C)(C)N(O)C2C)cc1. The molecule has 0 saturated heterocycles. The van der Waals surface area contributed by atoms with Crippen molar-refractivity contribution in [1.82, 2.24) is 5.06 Å². The van der Waals surface area contributed by atoms with Gasteiger partial charge in [0.25, 0.3) is 0 Å². The lowest BCUT2D eigenvalue weighted by atomic mass is 10.0. The zero-order chi connectivity index (χ0) is 12.8. The van der Waals surface area contributed by atoms with Crippen LogP contribution in [0.4, 0.5) is 0 Å². The molecule has 4 nitrogen and oxygen atoms in total. The Kier molecular flexibility index (Phi) is 2.72. The molecule has 1 aromatic rings. The van der Waals surface area contributed by atoms with E-state index in [1.54, 1.807) is 13.8 Å². The smallest absolute Gasteiger partial charge is 0.245 e. The summed E-state index contributed by atoms with van der Waals surface area (Å²) in [7, 11) is 0. The Hall–Kier alpha value is -1.39. The second kappa shape index (κ2) is 3.82. The fraction of sp³-hybridized carbons (Fsp3) is 0.462. The minimum atomic E-state index is -0.917. The third-order valence-electron chi connectivity index (χ3n) is 3.39. The Morgan fingerprint density at radius 3 is 2.24 bits per heavy atom. The minimum Gasteiger partial charge on any atom is -0.622 e. The van der Waals surface area contributed by atoms with Crippen molar-refractivity contribution in [2.24, 2.45) is 0 Å². The quantitative estimate of drug-likeness (QED) is 0.598. The van der Waals surface area contributed by atoms with Crippen molar-refractivity contribution in [3.8, 4) is 0 Å². The van der Waals surface area contributed by atoms with Gasteiger partial charge in [0, 0.05) is 19.4 Å². The molecule has 1 aliphatic heterocycles. The third kappa shape index (κ3) is 1.73. The van der Waals surface area contributed by atoms with E-state index in [0.717, 1.165) is 20.9 Å². The maximum absolute atomic E-state index is 12.2. The lowest BCUT2D eigenvalue weighted by Gasteiger charge is -2.24. The first-order chi connectivity index (χ1) is 7.85. The molecule has 0 fully saturated rings. The predicted octanol–water partition coefficient (Wildman–Crippen LogP) is 2.12. The van der Waals surface area contributed by atoms with E-state index in [4.69, 9.17) is 0 Å². The summed E-state index contributed by atoms with van der Waals surface area (Å²) in [5, 5.41) is 23.3. The van der Waals surface area contributed by atoms with Gasteiger partial charge in [0.2, 0.25) is 11.4 Å². The highest BCUT2D eigenvalue weighted by atomic mass is 16.6. The Morgan fingerprint density at radius 1 is 1.29 bits per heavy atom. The van der Waals surface area contributed by atoms with Gasteiger partial charge in [0.15, 0.2) is 0 Å². The summed E-state index contributed by atoms with van der Waals surface area (Å²) in [6, 6.07) is 7.47. The summed E-state index contributed by atoms with van der Waals surface area (Å²) in [6.45, 7) is 7.24. The fourth-order valence-electron chi connectivity index (χ4n) is 2.23. The minimum absolute atomic E-state index is 0.301. The number of nitrogens with zero attached hydrogens (tertiary/aromatic N) is 2. The molecule has 1 aliphatic rings. The van der Waals surface area contributed by atoms with E-state index in [0.29, 0.717) is 5.71 Å². The Labute approximate surface area is 101 Å². The number of benzene rings is 1. The first-order valence-electron chi connectivity index (χ1n) is 5.75. The molecule has 1 N–H and O–H groups in total. The van der Waals surface area contributed by atoms with E-state index in [-0.39, 0.29) is 6.04 Å². The van der Waals surface area contributed by atoms with Crippen molar-refractivity contribution in [3.05, 3.63) is 40.6 Å². The van der Waals surface area contributed by atoms with Crippen molar-refractivity contribution in [3.63, 3.8) is 0 Å². The van der Waals surface area contributed by atoms with Crippen LogP contribution < -0.4 is 0 Å². The molecule has 1 heterocycles. The van der Waals surface area contributed by atoms with Crippen LogP contribution in [-0.4, -0.2) is 32.4 Å². The molecule has 0 spiro atoms. The first-order valence-corrected chi connectivity index (χ1v) is 5.75. The topological polar surface area (TPSA) is 49.5 Å². The number of hydrogen-bond donors (Lipinski definition) is 1. The Balaban J connectivity index is 2.51. The molecular formula is C13H18N2O2. The Morgan fingerprint density at radius 2 is 1.82 bits per heavy atom. The van der Waals surface area contributed by atoms with Crippen LogP contribution in [-0.2, 0) is 0 Å². The highest BCUT2D eigenvalue weighted by molar-refractivity contribution is 6.01. The molecule has 0 bridgehead atoms. The van der Waals surface area contributed by atoms with Gasteiger partial charge >= 0.3 is 0 Å². The van der Waals surface area contributed by atoms with E-state index in [9.17, 15) is 10.4 Å². The van der Waals surface area contributed by atoms with Gasteiger partial charge in [-0.15, -0.1) is 5.06 Å². The molecule has 2 rings (SSSR count). The van der Waals surface area contributed by atoms with Crippen molar-refractivity contribution < 1.29 is 9.95 Å². The van der Waals surface area contributed by atoms with Crippen LogP contribution in [0.3, 0.4) is 0 Å². The van der Waals surface area contributed by atoms with Gasteiger partial charge in [-0.1, -0.05) is 17.7 Å². The summed E-state index contributed by atoms with van der Waals surface area (Å²) in [5.74, 6) is 0. The van der Waals surface area contributed by atoms with Gasteiger partial charge in [-0.2, -0.15) is 4.74 Å². The molecular weight excluding hydrogens is 216 g/mol. The van der Waals surface area contributed by atoms with E-state index < -0.39 is 5.66 Å². The van der Waals surface area contributed by atoms with Crippen molar-refractivity contribution in [2.75, 3.05) is 0 Å². The molecule has 0 saturated carbocycles. The predicted molar refractivity (Wildman–Crippen MR) is 66.1 cm³/mol. The van der Waals surface area contributed by atoms with Crippen LogP contribution in [0.15, 0.2) is 24.3 Å². The lowest BCUT2D eigenvalue weighted by Crippen LogP contribution is -2.45. The van der Waals surface area contributed by atoms with Gasteiger partial charge in [0.05, 0.1) is 0 Å². The highest BCUT2D eigenvalue weighted by Crippen LogP contribution is 2.27. The van der Waals surface area contributed by atoms with Crippen molar-refractivity contribution >= 4 is 5.71 Å². The third-order valence-corrected chi connectivity index (χ3v) is 3.39. The summed E-state index contributed by atoms with van der Waals surface area (Å²) in [4.78, 5) is 0. The average molecular weight is 234 g/mol. The summed E-state index contributed by atoms with van der Waals surface area (Å²) < 4.78 is 0.891. The van der Waals surface area contributed by atoms with Gasteiger partial charge < -0.3 is 10.4 Å². The lowest BCUT2D eigenvalue weighted by molar-refractivity contribution is -0.579. The molecule has 4 heteroatoms. The summed E-state index contributed by atoms with van der Waals surface area (Å²) in [5.41, 5.74) is 1.71. The van der Waals surface area contributed by atoms with E-state index in [1.165, 1.54) is 0 Å². The van der Waals surface area contributed by atoms with Crippen LogP contribution in [0.1, 0.15) is 31.9 Å².